The quantitative estimate of drug-likeness (QED) is 0.386. The number of nitrogens with one attached hydrogen (secondary N) is 2. The second-order valence-electron chi connectivity index (χ2n) is 3.42. The number of aldehydes is 1. The molecule has 0 atom stereocenters. The van der Waals surface area contributed by atoms with Gasteiger partial charge in [-0.3, -0.25) is 5.41 Å². The average Bonchev–Trinajstić information content (AvgIpc) is 2.27. The van der Waals surface area contributed by atoms with Crippen molar-refractivity contribution in [1.29, 1.82) is 5.41 Å². The summed E-state index contributed by atoms with van der Waals surface area (Å²) in [5.74, 6) is 0.0475. The predicted octanol–water partition coefficient (Wildman–Crippen LogP) is 1.88. The Kier molecular flexibility index (Phi) is 4.27. The fraction of sp³-hybridized carbons (Fsp3) is 0.167. The van der Waals surface area contributed by atoms with E-state index in [2.05, 4.69) is 11.9 Å². The molecule has 0 saturated carbocycles. The number of carbonyl (C=O) groups excluding carboxylic acids is 1. The summed E-state index contributed by atoms with van der Waals surface area (Å²) in [6.07, 6.45) is 1.96. The molecule has 0 heterocycles. The summed E-state index contributed by atoms with van der Waals surface area (Å²) < 4.78 is 0. The van der Waals surface area contributed by atoms with Crippen LogP contribution in [0.15, 0.2) is 36.5 Å². The maximum atomic E-state index is 10.2. The van der Waals surface area contributed by atoms with Crippen LogP contribution in [-0.4, -0.2) is 12.1 Å². The first-order valence-electron chi connectivity index (χ1n) is 4.96. The number of amidine groups is 1. The molecule has 0 aliphatic carbocycles. The van der Waals surface area contributed by atoms with Crippen molar-refractivity contribution in [3.8, 4) is 0 Å². The molecule has 1 rings (SSSR count). The number of hydrogen-bond donors (Lipinski definition) is 3. The summed E-state index contributed by atoms with van der Waals surface area (Å²) in [5.41, 5.74) is 7.69. The second kappa shape index (κ2) is 5.70. The molecule has 0 saturated heterocycles. The van der Waals surface area contributed by atoms with Gasteiger partial charge in [-0.25, -0.2) is 0 Å². The molecule has 4 heteroatoms. The van der Waals surface area contributed by atoms with Crippen LogP contribution in [0.5, 0.6) is 0 Å². The number of anilines is 1. The lowest BCUT2D eigenvalue weighted by Gasteiger charge is -2.08. The normalized spacial score (nSPS) is 9.50. The summed E-state index contributed by atoms with van der Waals surface area (Å²) >= 11 is 0. The lowest BCUT2D eigenvalue weighted by atomic mass is 10.2. The van der Waals surface area contributed by atoms with Crippen LogP contribution in [0.3, 0.4) is 0 Å². The third-order valence-corrected chi connectivity index (χ3v) is 2.08. The molecule has 0 aliphatic heterocycles. The Morgan fingerprint density at radius 2 is 2.06 bits per heavy atom. The Labute approximate surface area is 94.7 Å². The van der Waals surface area contributed by atoms with Gasteiger partial charge in [-0.1, -0.05) is 6.58 Å². The summed E-state index contributed by atoms with van der Waals surface area (Å²) in [6.45, 7) is 3.81. The van der Waals surface area contributed by atoms with Crippen molar-refractivity contribution in [3.05, 3.63) is 42.1 Å². The van der Waals surface area contributed by atoms with E-state index in [1.54, 1.807) is 12.1 Å². The first-order chi connectivity index (χ1) is 7.63. The highest BCUT2D eigenvalue weighted by molar-refractivity contribution is 5.95. The lowest BCUT2D eigenvalue weighted by Crippen LogP contribution is -2.10. The minimum absolute atomic E-state index is 0.0475. The van der Waals surface area contributed by atoms with Crippen molar-refractivity contribution < 1.29 is 4.79 Å². The van der Waals surface area contributed by atoms with Crippen molar-refractivity contribution >= 4 is 17.8 Å². The zero-order chi connectivity index (χ0) is 12.0. The smallest absolute Gasteiger partial charge is 0.122 e. The van der Waals surface area contributed by atoms with Crippen molar-refractivity contribution in [2.75, 3.05) is 5.32 Å². The molecular formula is C12H15N3O. The summed E-state index contributed by atoms with van der Waals surface area (Å²) in [4.78, 5) is 10.2. The van der Waals surface area contributed by atoms with E-state index in [9.17, 15) is 4.79 Å². The van der Waals surface area contributed by atoms with Crippen LogP contribution in [-0.2, 0) is 4.79 Å². The van der Waals surface area contributed by atoms with Crippen molar-refractivity contribution in [1.82, 2.24) is 0 Å². The Morgan fingerprint density at radius 1 is 1.44 bits per heavy atom. The molecule has 16 heavy (non-hydrogen) atoms. The van der Waals surface area contributed by atoms with Gasteiger partial charge in [-0.05, 0) is 30.7 Å². The molecule has 1 aromatic carbocycles. The molecule has 0 aliphatic rings. The highest BCUT2D eigenvalue weighted by atomic mass is 16.1. The molecule has 0 unspecified atom stereocenters. The summed E-state index contributed by atoms with van der Waals surface area (Å²) in [7, 11) is 0. The summed E-state index contributed by atoms with van der Waals surface area (Å²) in [6, 6.07) is 7.17. The topological polar surface area (TPSA) is 79.0 Å². The van der Waals surface area contributed by atoms with Crippen LogP contribution in [0, 0.1) is 5.41 Å². The summed E-state index contributed by atoms with van der Waals surface area (Å²) in [5, 5.41) is 10.3. The predicted molar refractivity (Wildman–Crippen MR) is 65.5 cm³/mol. The van der Waals surface area contributed by atoms with Gasteiger partial charge in [-0.2, -0.15) is 0 Å². The van der Waals surface area contributed by atoms with Gasteiger partial charge < -0.3 is 15.8 Å². The number of rotatable bonds is 6. The van der Waals surface area contributed by atoms with E-state index in [1.165, 1.54) is 0 Å². The molecular weight excluding hydrogens is 202 g/mol. The first-order valence-corrected chi connectivity index (χ1v) is 4.96. The number of nitrogen functional groups attached to an aromatic ring is 1. The molecule has 4 nitrogen and oxygen atoms in total. The second-order valence-corrected chi connectivity index (χ2v) is 3.42. The van der Waals surface area contributed by atoms with Gasteiger partial charge in [-0.15, -0.1) is 0 Å². The fourth-order valence-electron chi connectivity index (χ4n) is 1.23. The van der Waals surface area contributed by atoms with E-state index in [0.717, 1.165) is 17.7 Å². The van der Waals surface area contributed by atoms with Crippen LogP contribution >= 0.6 is 0 Å². The minimum Gasteiger partial charge on any atom is -0.384 e. The monoisotopic (exact) mass is 217 g/mol. The standard InChI is InChI=1S/C12H15N3O/c1-9(3-2-8-16)15-11-6-4-10(5-7-11)12(13)14/h4-8,15H,1-3H2,(H3,13,14). The lowest BCUT2D eigenvalue weighted by molar-refractivity contribution is -0.107. The van der Waals surface area contributed by atoms with Crippen LogP contribution in [0.2, 0.25) is 0 Å². The van der Waals surface area contributed by atoms with Crippen LogP contribution in [0.1, 0.15) is 18.4 Å². The van der Waals surface area contributed by atoms with E-state index in [4.69, 9.17) is 11.1 Å². The maximum Gasteiger partial charge on any atom is 0.122 e. The van der Waals surface area contributed by atoms with Gasteiger partial charge in [0.25, 0.3) is 0 Å². The van der Waals surface area contributed by atoms with Gasteiger partial charge in [0, 0.05) is 23.4 Å². The number of benzene rings is 1. The van der Waals surface area contributed by atoms with Crippen molar-refractivity contribution in [3.63, 3.8) is 0 Å². The molecule has 1 aromatic rings. The Morgan fingerprint density at radius 3 is 2.56 bits per heavy atom. The van der Waals surface area contributed by atoms with Crippen molar-refractivity contribution in [2.45, 2.75) is 12.8 Å². The minimum atomic E-state index is 0.0475. The molecule has 0 bridgehead atoms. The Hall–Kier alpha value is -2.10. The SMILES string of the molecule is C=C(CCC=O)Nc1ccc(C(=N)N)cc1. The zero-order valence-electron chi connectivity index (χ0n) is 8.99. The number of hydrogen-bond acceptors (Lipinski definition) is 3. The molecule has 4 N–H and O–H groups in total. The van der Waals surface area contributed by atoms with E-state index >= 15 is 0 Å². The average molecular weight is 217 g/mol. The maximum absolute atomic E-state index is 10.2. The Bertz CT molecular complexity index is 395. The van der Waals surface area contributed by atoms with Gasteiger partial charge in [0.1, 0.15) is 12.1 Å². The van der Waals surface area contributed by atoms with Crippen LogP contribution in [0.4, 0.5) is 5.69 Å². The zero-order valence-corrected chi connectivity index (χ0v) is 8.99. The fourth-order valence-corrected chi connectivity index (χ4v) is 1.23. The number of nitrogens with two attached hydrogens (primary N) is 1. The number of carbonyl (C=O) groups is 1. The van der Waals surface area contributed by atoms with E-state index in [1.807, 2.05) is 12.1 Å². The third kappa shape index (κ3) is 3.57. The van der Waals surface area contributed by atoms with Crippen LogP contribution in [0.25, 0.3) is 0 Å². The largest absolute Gasteiger partial charge is 0.384 e. The molecule has 0 spiro atoms. The molecule has 0 aromatic heterocycles. The molecule has 0 fully saturated rings. The van der Waals surface area contributed by atoms with E-state index in [0.29, 0.717) is 18.4 Å². The third-order valence-electron chi connectivity index (χ3n) is 2.08. The molecule has 0 amide bonds. The van der Waals surface area contributed by atoms with Gasteiger partial charge >= 0.3 is 0 Å². The number of allylic oxidation sites excluding steroid dienone is 1. The van der Waals surface area contributed by atoms with Crippen molar-refractivity contribution in [2.24, 2.45) is 5.73 Å². The van der Waals surface area contributed by atoms with Gasteiger partial charge in [0.2, 0.25) is 0 Å². The Balaban J connectivity index is 2.58. The highest BCUT2D eigenvalue weighted by Gasteiger charge is 1.98. The van der Waals surface area contributed by atoms with E-state index in [-0.39, 0.29) is 5.84 Å². The van der Waals surface area contributed by atoms with E-state index < -0.39 is 0 Å². The first kappa shape index (κ1) is 12.0. The molecule has 84 valence electrons. The van der Waals surface area contributed by atoms with Gasteiger partial charge in [0.15, 0.2) is 0 Å². The van der Waals surface area contributed by atoms with Gasteiger partial charge in [0.05, 0.1) is 0 Å². The molecule has 0 radical (unpaired) electrons. The van der Waals surface area contributed by atoms with Crippen LogP contribution < -0.4 is 11.1 Å². The highest BCUT2D eigenvalue weighted by Crippen LogP contribution is 2.12.